The Morgan fingerprint density at radius 3 is 2.41 bits per heavy atom. The van der Waals surface area contributed by atoms with E-state index in [-0.39, 0.29) is 34.6 Å². The lowest BCUT2D eigenvalue weighted by Gasteiger charge is -2.16. The molecule has 1 fully saturated rings. The van der Waals surface area contributed by atoms with Gasteiger partial charge in [-0.15, -0.1) is 0 Å². The van der Waals surface area contributed by atoms with Gasteiger partial charge in [0.15, 0.2) is 0 Å². The molecule has 3 N–H and O–H groups in total. The average Bonchev–Trinajstić information content (AvgIpc) is 3.81. The molecule has 1 aliphatic rings. The molecule has 51 heavy (non-hydrogen) atoms. The highest BCUT2D eigenvalue weighted by atomic mass is 35.5. The van der Waals surface area contributed by atoms with E-state index in [1.54, 1.807) is 25.4 Å². The summed E-state index contributed by atoms with van der Waals surface area (Å²) >= 11 is 14.2. The number of amides is 1. The Labute approximate surface area is 301 Å². The minimum atomic E-state index is -0.594. The van der Waals surface area contributed by atoms with Crippen LogP contribution in [-0.2, 0) is 16.1 Å². The molecule has 1 atom stereocenters. The standard InChI is InChI=1S/C37H31Cl2N7O5/c1-50-35-21(16-40-17-22-10-12-31(47)43-22)9-11-28(45-35)26-8-4-7-25(33(26)39)24-6-3-5-23(32(24)38)20-13-14-46-30(15-20)41-18-27(36(46)48)34-42-19-29(44-34)37(49)51-2/h3-9,11,13-15,18-19,22,40H,10,12,16-17H2,1-2H3,(H,42,44)(H,43,47)/t22-/m1/s1. The van der Waals surface area contributed by atoms with Gasteiger partial charge in [0.25, 0.3) is 5.56 Å². The molecule has 0 spiro atoms. The van der Waals surface area contributed by atoms with Crippen molar-refractivity contribution in [2.24, 2.45) is 0 Å². The number of nitrogens with zero attached hydrogens (tertiary/aromatic N) is 4. The van der Waals surface area contributed by atoms with Crippen molar-refractivity contribution in [1.29, 1.82) is 0 Å². The van der Waals surface area contributed by atoms with Gasteiger partial charge in [-0.05, 0) is 30.2 Å². The summed E-state index contributed by atoms with van der Waals surface area (Å²) in [7, 11) is 2.84. The second-order valence-electron chi connectivity index (χ2n) is 11.9. The van der Waals surface area contributed by atoms with Crippen LogP contribution in [0.2, 0.25) is 10.0 Å². The van der Waals surface area contributed by atoms with Crippen LogP contribution in [0.4, 0.5) is 0 Å². The van der Waals surface area contributed by atoms with Gasteiger partial charge in [0.2, 0.25) is 11.8 Å². The molecule has 1 aliphatic heterocycles. The monoisotopic (exact) mass is 723 g/mol. The van der Waals surface area contributed by atoms with Crippen LogP contribution in [0.1, 0.15) is 28.9 Å². The highest BCUT2D eigenvalue weighted by Crippen LogP contribution is 2.42. The van der Waals surface area contributed by atoms with E-state index < -0.39 is 5.97 Å². The number of halogens is 2. The molecule has 1 amide bonds. The number of H-pyrrole nitrogens is 1. The number of ether oxygens (including phenoxy) is 2. The van der Waals surface area contributed by atoms with Gasteiger partial charge in [-0.25, -0.2) is 19.7 Å². The van der Waals surface area contributed by atoms with Crippen molar-refractivity contribution in [2.45, 2.75) is 25.4 Å². The number of imidazole rings is 1. The van der Waals surface area contributed by atoms with Crippen LogP contribution in [0.15, 0.2) is 84.0 Å². The molecule has 0 saturated carbocycles. The molecular weight excluding hydrogens is 693 g/mol. The highest BCUT2D eigenvalue weighted by Gasteiger charge is 2.21. The van der Waals surface area contributed by atoms with Gasteiger partial charge in [-0.3, -0.25) is 14.0 Å². The number of nitrogens with one attached hydrogen (secondary N) is 3. The summed E-state index contributed by atoms with van der Waals surface area (Å²) in [6, 6.07) is 18.9. The molecule has 0 aliphatic carbocycles. The van der Waals surface area contributed by atoms with Crippen molar-refractivity contribution >= 4 is 40.7 Å². The SMILES string of the molecule is COC(=O)c1cnc(-c2cnc3cc(-c4cccc(-c5cccc(-c6ccc(CNC[C@H]7CCC(=O)N7)c(OC)n6)c5Cl)c4Cl)ccn3c2=O)[nH]1. The fourth-order valence-corrected chi connectivity index (χ4v) is 6.78. The number of esters is 1. The minimum Gasteiger partial charge on any atom is -0.481 e. The normalized spacial score (nSPS) is 14.1. The van der Waals surface area contributed by atoms with Crippen LogP contribution in [0.5, 0.6) is 5.88 Å². The molecule has 0 bridgehead atoms. The number of fused-ring (bicyclic) bond motifs is 1. The summed E-state index contributed by atoms with van der Waals surface area (Å²) in [4.78, 5) is 52.9. The Balaban J connectivity index is 1.16. The van der Waals surface area contributed by atoms with Gasteiger partial charge in [0.05, 0.1) is 36.2 Å². The molecule has 0 radical (unpaired) electrons. The van der Waals surface area contributed by atoms with E-state index in [1.807, 2.05) is 48.5 Å². The van der Waals surface area contributed by atoms with E-state index in [0.717, 1.165) is 28.7 Å². The highest BCUT2D eigenvalue weighted by molar-refractivity contribution is 6.39. The Morgan fingerprint density at radius 1 is 0.941 bits per heavy atom. The molecule has 7 rings (SSSR count). The first-order valence-corrected chi connectivity index (χ1v) is 16.8. The third kappa shape index (κ3) is 6.68. The minimum absolute atomic E-state index is 0.0848. The quantitative estimate of drug-likeness (QED) is 0.146. The molecule has 0 unspecified atom stereocenters. The number of carbonyl (C=O) groups excluding carboxylic acids is 2. The van der Waals surface area contributed by atoms with Gasteiger partial charge in [-0.2, -0.15) is 0 Å². The Morgan fingerprint density at radius 2 is 1.69 bits per heavy atom. The summed E-state index contributed by atoms with van der Waals surface area (Å²) in [5.74, 6) is 0.169. The molecular formula is C37H31Cl2N7O5. The lowest BCUT2D eigenvalue weighted by Crippen LogP contribution is -2.35. The van der Waals surface area contributed by atoms with Crippen LogP contribution in [0, 0.1) is 0 Å². The maximum Gasteiger partial charge on any atom is 0.356 e. The summed E-state index contributed by atoms with van der Waals surface area (Å²) in [5.41, 5.74) is 5.47. The number of aromatic nitrogens is 5. The average molecular weight is 725 g/mol. The molecule has 2 aromatic carbocycles. The number of aromatic amines is 1. The number of rotatable bonds is 10. The number of hydrogen-bond acceptors (Lipinski definition) is 9. The maximum absolute atomic E-state index is 13.4. The fraction of sp³-hybridized carbons (Fsp3) is 0.189. The van der Waals surface area contributed by atoms with Crippen LogP contribution in [0.3, 0.4) is 0 Å². The topological polar surface area (TPSA) is 153 Å². The first kappa shape index (κ1) is 33.9. The van der Waals surface area contributed by atoms with Crippen LogP contribution in [-0.4, -0.2) is 63.0 Å². The van der Waals surface area contributed by atoms with E-state index in [2.05, 4.69) is 25.6 Å². The Kier molecular flexibility index (Phi) is 9.54. The van der Waals surface area contributed by atoms with Crippen LogP contribution in [0.25, 0.3) is 50.5 Å². The molecule has 5 heterocycles. The van der Waals surface area contributed by atoms with Gasteiger partial charge < -0.3 is 25.1 Å². The molecule has 6 aromatic rings. The van der Waals surface area contributed by atoms with Crippen molar-refractivity contribution < 1.29 is 19.1 Å². The van der Waals surface area contributed by atoms with Gasteiger partial charge >= 0.3 is 5.97 Å². The molecule has 14 heteroatoms. The van der Waals surface area contributed by atoms with E-state index in [0.29, 0.717) is 57.9 Å². The van der Waals surface area contributed by atoms with Crippen molar-refractivity contribution in [1.82, 2.24) is 35.0 Å². The summed E-state index contributed by atoms with van der Waals surface area (Å²) in [5, 5.41) is 7.28. The fourth-order valence-electron chi connectivity index (χ4n) is 6.12. The number of pyridine rings is 2. The predicted molar refractivity (Wildman–Crippen MR) is 194 cm³/mol. The largest absolute Gasteiger partial charge is 0.481 e. The number of carbonyl (C=O) groups is 2. The number of methoxy groups -OCH3 is 2. The predicted octanol–water partition coefficient (Wildman–Crippen LogP) is 5.95. The first-order valence-electron chi connectivity index (χ1n) is 16.0. The first-order chi connectivity index (χ1) is 24.7. The summed E-state index contributed by atoms with van der Waals surface area (Å²) in [6.45, 7) is 1.19. The number of benzene rings is 2. The molecule has 12 nitrogen and oxygen atoms in total. The Hall–Kier alpha value is -5.56. The van der Waals surface area contributed by atoms with Crippen molar-refractivity contribution in [3.8, 4) is 50.8 Å². The lowest BCUT2D eigenvalue weighted by atomic mass is 9.97. The third-order valence-electron chi connectivity index (χ3n) is 8.74. The molecule has 4 aromatic heterocycles. The Bertz CT molecular complexity index is 2370. The molecule has 1 saturated heterocycles. The second kappa shape index (κ2) is 14.4. The van der Waals surface area contributed by atoms with Crippen molar-refractivity contribution in [3.05, 3.63) is 111 Å². The summed E-state index contributed by atoms with van der Waals surface area (Å²) < 4.78 is 11.7. The van der Waals surface area contributed by atoms with Crippen molar-refractivity contribution in [2.75, 3.05) is 20.8 Å². The third-order valence-corrected chi connectivity index (χ3v) is 9.56. The zero-order chi connectivity index (χ0) is 35.6. The van der Waals surface area contributed by atoms with E-state index in [4.69, 9.17) is 37.7 Å². The smallest absolute Gasteiger partial charge is 0.356 e. The zero-order valence-corrected chi connectivity index (χ0v) is 29.0. The van der Waals surface area contributed by atoms with Crippen molar-refractivity contribution in [3.63, 3.8) is 0 Å². The van der Waals surface area contributed by atoms with Gasteiger partial charge in [0, 0.05) is 65.8 Å². The lowest BCUT2D eigenvalue weighted by molar-refractivity contribution is -0.119. The number of hydrogen-bond donors (Lipinski definition) is 3. The van der Waals surface area contributed by atoms with Crippen LogP contribution >= 0.6 is 23.2 Å². The summed E-state index contributed by atoms with van der Waals surface area (Å²) in [6.07, 6.45) is 5.71. The second-order valence-corrected chi connectivity index (χ2v) is 12.6. The maximum atomic E-state index is 13.4. The van der Waals surface area contributed by atoms with E-state index in [9.17, 15) is 14.4 Å². The van der Waals surface area contributed by atoms with Gasteiger partial charge in [0.1, 0.15) is 22.7 Å². The van der Waals surface area contributed by atoms with E-state index >= 15 is 0 Å². The molecule has 258 valence electrons. The van der Waals surface area contributed by atoms with E-state index in [1.165, 1.54) is 23.9 Å². The zero-order valence-electron chi connectivity index (χ0n) is 27.5. The van der Waals surface area contributed by atoms with Gasteiger partial charge in [-0.1, -0.05) is 65.7 Å². The van der Waals surface area contributed by atoms with Crippen LogP contribution < -0.4 is 20.9 Å².